The third-order valence-electron chi connectivity index (χ3n) is 6.38. The second kappa shape index (κ2) is 12.4. The number of carbonyl (C=O) groups is 1. The van der Waals surface area contributed by atoms with Crippen LogP contribution in [-0.4, -0.2) is 35.0 Å². The molecular formula is C28H34FNO5. The van der Waals surface area contributed by atoms with Crippen LogP contribution < -0.4 is 9.47 Å². The van der Waals surface area contributed by atoms with Crippen LogP contribution >= 0.6 is 0 Å². The number of carboxylic acid groups (broad SMARTS) is 1. The van der Waals surface area contributed by atoms with E-state index in [9.17, 15) is 14.3 Å². The van der Waals surface area contributed by atoms with Crippen molar-refractivity contribution in [2.75, 3.05) is 14.2 Å². The zero-order valence-corrected chi connectivity index (χ0v) is 20.5. The largest absolute Gasteiger partial charge is 0.496 e. The lowest BCUT2D eigenvalue weighted by molar-refractivity contribution is -0.136. The first kappa shape index (κ1) is 26.3. The molecule has 2 unspecified atom stereocenters. The maximum absolute atomic E-state index is 13.6. The third-order valence-corrected chi connectivity index (χ3v) is 6.38. The van der Waals surface area contributed by atoms with Crippen molar-refractivity contribution in [1.29, 1.82) is 0 Å². The number of aryl methyl sites for hydroxylation is 2. The molecule has 0 saturated heterocycles. The molecular weight excluding hydrogens is 449 g/mol. The molecule has 1 aromatic heterocycles. The van der Waals surface area contributed by atoms with E-state index in [1.165, 1.54) is 6.07 Å². The topological polar surface area (TPSA) is 80.9 Å². The monoisotopic (exact) mass is 483 g/mol. The Morgan fingerprint density at radius 1 is 1.06 bits per heavy atom. The van der Waals surface area contributed by atoms with E-state index in [0.29, 0.717) is 42.9 Å². The first-order valence-corrected chi connectivity index (χ1v) is 11.8. The number of aromatic nitrogens is 1. The summed E-state index contributed by atoms with van der Waals surface area (Å²) in [6.07, 6.45) is 5.80. The van der Waals surface area contributed by atoms with Crippen LogP contribution in [0.5, 0.6) is 11.5 Å². The van der Waals surface area contributed by atoms with Crippen LogP contribution in [-0.2, 0) is 24.2 Å². The van der Waals surface area contributed by atoms with Crippen molar-refractivity contribution in [2.24, 2.45) is 5.92 Å². The van der Waals surface area contributed by atoms with Crippen molar-refractivity contribution in [3.8, 4) is 11.5 Å². The zero-order chi connectivity index (χ0) is 25.4. The standard InChI is InChI=1S/C28H34FNO5/c1-19-25(34-2)15-23(16-26(19)35-3)28(33)22(8-4-6-20-7-5-9-24(29)14-20)18-30-13-12-21(17-30)10-11-27(31)32/h5,7,9,12-17,22,28,33H,4,6,8,10-11,18H2,1-3H3,(H,31,32). The Balaban J connectivity index is 1.80. The van der Waals surface area contributed by atoms with Crippen molar-refractivity contribution >= 4 is 5.97 Å². The van der Waals surface area contributed by atoms with E-state index >= 15 is 0 Å². The summed E-state index contributed by atoms with van der Waals surface area (Å²) in [6.45, 7) is 2.46. The van der Waals surface area contributed by atoms with Crippen LogP contribution in [0.2, 0.25) is 0 Å². The third kappa shape index (κ3) is 7.33. The van der Waals surface area contributed by atoms with E-state index in [-0.39, 0.29) is 18.2 Å². The molecule has 0 aliphatic heterocycles. The molecule has 0 radical (unpaired) electrons. The Morgan fingerprint density at radius 3 is 2.40 bits per heavy atom. The smallest absolute Gasteiger partial charge is 0.303 e. The quantitative estimate of drug-likeness (QED) is 0.343. The van der Waals surface area contributed by atoms with Crippen molar-refractivity contribution in [3.05, 3.63) is 82.9 Å². The highest BCUT2D eigenvalue weighted by Gasteiger charge is 2.24. The van der Waals surface area contributed by atoms with Gasteiger partial charge < -0.3 is 24.3 Å². The molecule has 35 heavy (non-hydrogen) atoms. The summed E-state index contributed by atoms with van der Waals surface area (Å²) in [7, 11) is 3.18. The number of aliphatic hydroxyl groups is 1. The Kier molecular flexibility index (Phi) is 9.32. The number of carboxylic acids is 1. The predicted octanol–water partition coefficient (Wildman–Crippen LogP) is 5.34. The van der Waals surface area contributed by atoms with Crippen LogP contribution in [0.4, 0.5) is 4.39 Å². The van der Waals surface area contributed by atoms with Gasteiger partial charge in [-0.05, 0) is 79.6 Å². The molecule has 2 N–H and O–H groups in total. The summed E-state index contributed by atoms with van der Waals surface area (Å²) >= 11 is 0. The molecule has 3 rings (SSSR count). The minimum absolute atomic E-state index is 0.0760. The van der Waals surface area contributed by atoms with Gasteiger partial charge in [-0.25, -0.2) is 4.39 Å². The van der Waals surface area contributed by atoms with Gasteiger partial charge in [0.1, 0.15) is 17.3 Å². The minimum atomic E-state index is -0.828. The number of hydrogen-bond donors (Lipinski definition) is 2. The first-order chi connectivity index (χ1) is 16.8. The molecule has 0 amide bonds. The molecule has 0 bridgehead atoms. The first-order valence-electron chi connectivity index (χ1n) is 11.8. The number of aliphatic hydroxyl groups excluding tert-OH is 1. The number of benzene rings is 2. The lowest BCUT2D eigenvalue weighted by Gasteiger charge is -2.25. The lowest BCUT2D eigenvalue weighted by atomic mass is 9.89. The summed E-state index contributed by atoms with van der Waals surface area (Å²) < 4.78 is 26.6. The molecule has 0 aliphatic rings. The molecule has 0 aliphatic carbocycles. The molecule has 0 fully saturated rings. The second-order valence-corrected chi connectivity index (χ2v) is 8.89. The van der Waals surface area contributed by atoms with Crippen LogP contribution in [0.15, 0.2) is 54.9 Å². The molecule has 0 spiro atoms. The summed E-state index contributed by atoms with van der Waals surface area (Å²) in [6, 6.07) is 12.2. The average Bonchev–Trinajstić information content (AvgIpc) is 3.29. The highest BCUT2D eigenvalue weighted by molar-refractivity contribution is 5.67. The highest BCUT2D eigenvalue weighted by Crippen LogP contribution is 2.36. The molecule has 1 heterocycles. The van der Waals surface area contributed by atoms with Gasteiger partial charge in [0.15, 0.2) is 0 Å². The van der Waals surface area contributed by atoms with Crippen LogP contribution in [0, 0.1) is 18.7 Å². The second-order valence-electron chi connectivity index (χ2n) is 8.89. The van der Waals surface area contributed by atoms with Gasteiger partial charge in [-0.3, -0.25) is 4.79 Å². The van der Waals surface area contributed by atoms with Gasteiger partial charge in [0, 0.05) is 36.8 Å². The fraction of sp³-hybridized carbons (Fsp3) is 0.393. The van der Waals surface area contributed by atoms with Crippen LogP contribution in [0.25, 0.3) is 0 Å². The summed E-state index contributed by atoms with van der Waals surface area (Å²) in [5.41, 5.74) is 3.44. The highest BCUT2D eigenvalue weighted by atomic mass is 19.1. The predicted molar refractivity (Wildman–Crippen MR) is 132 cm³/mol. The molecule has 7 heteroatoms. The minimum Gasteiger partial charge on any atom is -0.496 e. The Hall–Kier alpha value is -3.32. The van der Waals surface area contributed by atoms with Gasteiger partial charge >= 0.3 is 5.97 Å². The molecule has 188 valence electrons. The van der Waals surface area contributed by atoms with E-state index in [1.807, 2.05) is 48.1 Å². The van der Waals surface area contributed by atoms with Crippen molar-refractivity contribution in [2.45, 2.75) is 51.7 Å². The van der Waals surface area contributed by atoms with Crippen LogP contribution in [0.1, 0.15) is 47.6 Å². The normalized spacial score (nSPS) is 12.8. The lowest BCUT2D eigenvalue weighted by Crippen LogP contribution is -2.19. The molecule has 0 saturated carbocycles. The molecule has 2 aromatic carbocycles. The van der Waals surface area contributed by atoms with Gasteiger partial charge in [0.25, 0.3) is 0 Å². The van der Waals surface area contributed by atoms with E-state index in [1.54, 1.807) is 26.4 Å². The van der Waals surface area contributed by atoms with Crippen molar-refractivity contribution in [1.82, 2.24) is 4.57 Å². The molecule has 3 aromatic rings. The number of halogens is 1. The van der Waals surface area contributed by atoms with Gasteiger partial charge in [0.05, 0.1) is 20.3 Å². The number of aliphatic carboxylic acids is 1. The molecule has 2 atom stereocenters. The Bertz CT molecular complexity index is 1100. The summed E-state index contributed by atoms with van der Waals surface area (Å²) in [5, 5.41) is 20.4. The van der Waals surface area contributed by atoms with Gasteiger partial charge in [-0.1, -0.05) is 12.1 Å². The maximum Gasteiger partial charge on any atom is 0.303 e. The summed E-state index contributed by atoms with van der Waals surface area (Å²) in [4.78, 5) is 10.9. The Morgan fingerprint density at radius 2 is 1.77 bits per heavy atom. The summed E-state index contributed by atoms with van der Waals surface area (Å²) in [5.74, 6) is 0.0767. The van der Waals surface area contributed by atoms with Gasteiger partial charge in [0.2, 0.25) is 0 Å². The number of ether oxygens (including phenoxy) is 2. The van der Waals surface area contributed by atoms with Crippen molar-refractivity contribution < 1.29 is 28.9 Å². The van der Waals surface area contributed by atoms with Gasteiger partial charge in [-0.2, -0.15) is 0 Å². The van der Waals surface area contributed by atoms with Crippen LogP contribution in [0.3, 0.4) is 0 Å². The van der Waals surface area contributed by atoms with E-state index < -0.39 is 12.1 Å². The number of nitrogens with zero attached hydrogens (tertiary/aromatic N) is 1. The number of methoxy groups -OCH3 is 2. The van der Waals surface area contributed by atoms with E-state index in [4.69, 9.17) is 14.6 Å². The van der Waals surface area contributed by atoms with Gasteiger partial charge in [-0.15, -0.1) is 0 Å². The Labute approximate surface area is 205 Å². The SMILES string of the molecule is COc1cc(C(O)C(CCCc2cccc(F)c2)Cn2ccc(CCC(=O)O)c2)cc(OC)c1C. The maximum atomic E-state index is 13.6. The fourth-order valence-electron chi connectivity index (χ4n) is 4.43. The average molecular weight is 484 g/mol. The number of hydrogen-bond acceptors (Lipinski definition) is 4. The van der Waals surface area contributed by atoms with Crippen molar-refractivity contribution in [3.63, 3.8) is 0 Å². The molecule has 6 nitrogen and oxygen atoms in total. The number of rotatable bonds is 13. The van der Waals surface area contributed by atoms with E-state index in [2.05, 4.69) is 0 Å². The zero-order valence-electron chi connectivity index (χ0n) is 20.5. The fourth-order valence-corrected chi connectivity index (χ4v) is 4.43. The van der Waals surface area contributed by atoms with E-state index in [0.717, 1.165) is 23.1 Å².